The first-order chi connectivity index (χ1) is 15.8. The van der Waals surface area contributed by atoms with Gasteiger partial charge in [-0.2, -0.15) is 0 Å². The van der Waals surface area contributed by atoms with Crippen molar-refractivity contribution in [1.82, 2.24) is 4.98 Å². The van der Waals surface area contributed by atoms with Crippen molar-refractivity contribution in [2.45, 2.75) is 79.6 Å². The largest absolute Gasteiger partial charge is 0.477 e. The van der Waals surface area contributed by atoms with Gasteiger partial charge in [0.15, 0.2) is 0 Å². The average molecular weight is 450 g/mol. The normalized spacial score (nSPS) is 11.7. The number of ether oxygens (including phenoxy) is 1. The highest BCUT2D eigenvalue weighted by Crippen LogP contribution is 2.30. The molecule has 4 nitrogen and oxygen atoms in total. The summed E-state index contributed by atoms with van der Waals surface area (Å²) in [5, 5.41) is 11.3. The highest BCUT2D eigenvalue weighted by atomic mass is 16.5. The third-order valence-electron chi connectivity index (χ3n) is 5.64. The maximum atomic E-state index is 11.6. The molecule has 1 heterocycles. The lowest BCUT2D eigenvalue weighted by atomic mass is 9.93. The summed E-state index contributed by atoms with van der Waals surface area (Å²) in [5.41, 5.74) is 2.21. The van der Waals surface area contributed by atoms with Gasteiger partial charge < -0.3 is 9.84 Å². The van der Waals surface area contributed by atoms with Crippen LogP contribution in [0.3, 0.4) is 0 Å². The Morgan fingerprint density at radius 1 is 0.970 bits per heavy atom. The maximum Gasteiger partial charge on any atom is 0.354 e. The Morgan fingerprint density at radius 3 is 2.15 bits per heavy atom. The van der Waals surface area contributed by atoms with Crippen molar-refractivity contribution in [2.75, 3.05) is 0 Å². The average Bonchev–Trinajstić information content (AvgIpc) is 2.79. The van der Waals surface area contributed by atoms with Crippen LogP contribution in [-0.2, 0) is 6.42 Å². The van der Waals surface area contributed by atoms with Crippen LogP contribution in [-0.4, -0.2) is 16.1 Å². The van der Waals surface area contributed by atoms with Gasteiger partial charge in [-0.1, -0.05) is 85.4 Å². The Bertz CT molecular complexity index is 1020. The van der Waals surface area contributed by atoms with Crippen molar-refractivity contribution >= 4 is 16.7 Å². The summed E-state index contributed by atoms with van der Waals surface area (Å²) < 4.78 is 6.09. The molecule has 0 aliphatic carbocycles. The molecule has 1 N–H and O–H groups in total. The monoisotopic (exact) mass is 449 g/mol. The lowest BCUT2D eigenvalue weighted by molar-refractivity contribution is 0.0690. The molecule has 178 valence electrons. The minimum absolute atomic E-state index is 0.0989. The van der Waals surface area contributed by atoms with E-state index in [1.54, 1.807) is 6.07 Å². The number of pyridine rings is 1. The number of hydrogen-bond donors (Lipinski definition) is 1. The van der Waals surface area contributed by atoms with Gasteiger partial charge in [0.2, 0.25) is 0 Å². The quantitative estimate of drug-likeness (QED) is 0.355. The van der Waals surface area contributed by atoms with Crippen LogP contribution in [0.2, 0.25) is 0 Å². The summed E-state index contributed by atoms with van der Waals surface area (Å²) in [6.45, 7) is 12.9. The molecule has 4 heteroatoms. The fourth-order valence-electron chi connectivity index (χ4n) is 3.81. The third kappa shape index (κ3) is 7.59. The first-order valence-corrected chi connectivity index (χ1v) is 12.3. The summed E-state index contributed by atoms with van der Waals surface area (Å²) in [6.07, 6.45) is 5.28. The van der Waals surface area contributed by atoms with Gasteiger partial charge in [-0.05, 0) is 59.5 Å². The smallest absolute Gasteiger partial charge is 0.354 e. The molecule has 1 atom stereocenters. The Hall–Kier alpha value is -2.88. The standard InChI is InChI=1S/C26H31NO3.C3H8/c1-5-7-18(6-2)14-24-23-16-22(13-10-20(23)15-25(27-24)26(28)29)30-21-11-8-19(9-12-21)17(3)4;1-3-2/h8-13,15-18H,5-7,14H2,1-4H3,(H,28,29);3H2,1-2H3. The molecular weight excluding hydrogens is 410 g/mol. The minimum Gasteiger partial charge on any atom is -0.477 e. The number of aromatic nitrogens is 1. The molecule has 1 unspecified atom stereocenters. The van der Waals surface area contributed by atoms with Gasteiger partial charge in [0.1, 0.15) is 17.2 Å². The predicted octanol–water partition coefficient (Wildman–Crippen LogP) is 8.63. The Kier molecular flexibility index (Phi) is 10.4. The molecule has 0 aliphatic rings. The molecule has 3 aromatic rings. The first kappa shape index (κ1) is 26.4. The molecule has 0 spiro atoms. The van der Waals surface area contributed by atoms with Crippen LogP contribution in [0.15, 0.2) is 48.5 Å². The molecule has 1 aromatic heterocycles. The molecule has 33 heavy (non-hydrogen) atoms. The van der Waals surface area contributed by atoms with Gasteiger partial charge in [0.25, 0.3) is 0 Å². The number of hydrogen-bond acceptors (Lipinski definition) is 3. The number of carboxylic acid groups (broad SMARTS) is 1. The van der Waals surface area contributed by atoms with Crippen LogP contribution in [0.4, 0.5) is 0 Å². The summed E-state index contributed by atoms with van der Waals surface area (Å²) in [4.78, 5) is 16.1. The number of fused-ring (bicyclic) bond motifs is 1. The summed E-state index contributed by atoms with van der Waals surface area (Å²) in [6, 6.07) is 15.6. The van der Waals surface area contributed by atoms with E-state index in [2.05, 4.69) is 58.7 Å². The van der Waals surface area contributed by atoms with E-state index in [1.807, 2.05) is 30.3 Å². The maximum absolute atomic E-state index is 11.6. The van der Waals surface area contributed by atoms with E-state index in [0.717, 1.165) is 53.6 Å². The Balaban J connectivity index is 0.00000122. The Morgan fingerprint density at radius 2 is 1.61 bits per heavy atom. The number of rotatable bonds is 9. The van der Waals surface area contributed by atoms with Crippen LogP contribution in [0.25, 0.3) is 10.8 Å². The molecule has 0 saturated carbocycles. The summed E-state index contributed by atoms with van der Waals surface area (Å²) in [5.74, 6) is 1.49. The first-order valence-electron chi connectivity index (χ1n) is 12.3. The number of aromatic carboxylic acids is 1. The van der Waals surface area contributed by atoms with Gasteiger partial charge in [-0.3, -0.25) is 0 Å². The van der Waals surface area contributed by atoms with E-state index in [9.17, 15) is 9.90 Å². The van der Waals surface area contributed by atoms with Crippen molar-refractivity contribution in [1.29, 1.82) is 0 Å². The van der Waals surface area contributed by atoms with Gasteiger partial charge in [0, 0.05) is 11.1 Å². The van der Waals surface area contributed by atoms with Crippen LogP contribution in [0.5, 0.6) is 11.5 Å². The summed E-state index contributed by atoms with van der Waals surface area (Å²) >= 11 is 0. The van der Waals surface area contributed by atoms with Crippen LogP contribution >= 0.6 is 0 Å². The predicted molar refractivity (Wildman–Crippen MR) is 138 cm³/mol. The van der Waals surface area contributed by atoms with Crippen LogP contribution in [0, 0.1) is 5.92 Å². The zero-order chi connectivity index (χ0) is 24.4. The molecule has 0 radical (unpaired) electrons. The zero-order valence-electron chi connectivity index (χ0n) is 21.0. The van der Waals surface area contributed by atoms with Crippen LogP contribution < -0.4 is 4.74 Å². The second kappa shape index (κ2) is 13.0. The van der Waals surface area contributed by atoms with E-state index >= 15 is 0 Å². The second-order valence-corrected chi connectivity index (χ2v) is 8.94. The highest BCUT2D eigenvalue weighted by Gasteiger charge is 2.16. The van der Waals surface area contributed by atoms with Crippen molar-refractivity contribution in [3.05, 3.63) is 65.5 Å². The number of benzene rings is 2. The van der Waals surface area contributed by atoms with E-state index in [0.29, 0.717) is 11.8 Å². The highest BCUT2D eigenvalue weighted by molar-refractivity contribution is 5.94. The van der Waals surface area contributed by atoms with Crippen LogP contribution in [0.1, 0.15) is 94.9 Å². The van der Waals surface area contributed by atoms with Gasteiger partial charge in [-0.15, -0.1) is 0 Å². The second-order valence-electron chi connectivity index (χ2n) is 8.94. The fraction of sp³-hybridized carbons (Fsp3) is 0.448. The molecule has 0 saturated heterocycles. The van der Waals surface area contributed by atoms with E-state index in [4.69, 9.17) is 4.74 Å². The minimum atomic E-state index is -0.993. The van der Waals surface area contributed by atoms with E-state index < -0.39 is 5.97 Å². The van der Waals surface area contributed by atoms with E-state index in [1.165, 1.54) is 12.0 Å². The molecular formula is C29H39NO3. The van der Waals surface area contributed by atoms with Gasteiger partial charge in [-0.25, -0.2) is 9.78 Å². The van der Waals surface area contributed by atoms with Gasteiger partial charge >= 0.3 is 5.97 Å². The molecule has 2 aromatic carbocycles. The molecule has 0 bridgehead atoms. The molecule has 3 rings (SSSR count). The number of nitrogens with zero attached hydrogens (tertiary/aromatic N) is 1. The molecule has 0 aliphatic heterocycles. The van der Waals surface area contributed by atoms with E-state index in [-0.39, 0.29) is 5.69 Å². The SMILES string of the molecule is CCC.CCCC(CC)Cc1nc(C(=O)O)cc2ccc(Oc3ccc(C(C)C)cc3)cc12. The van der Waals surface area contributed by atoms with Crippen molar-refractivity contribution in [2.24, 2.45) is 5.92 Å². The molecule has 0 amide bonds. The fourth-order valence-corrected chi connectivity index (χ4v) is 3.81. The topological polar surface area (TPSA) is 59.4 Å². The van der Waals surface area contributed by atoms with Crippen molar-refractivity contribution in [3.8, 4) is 11.5 Å². The lowest BCUT2D eigenvalue weighted by Gasteiger charge is -2.16. The third-order valence-corrected chi connectivity index (χ3v) is 5.64. The van der Waals surface area contributed by atoms with Crippen molar-refractivity contribution < 1.29 is 14.6 Å². The van der Waals surface area contributed by atoms with Gasteiger partial charge in [0.05, 0.1) is 0 Å². The number of carboxylic acids is 1. The van der Waals surface area contributed by atoms with Crippen molar-refractivity contribution in [3.63, 3.8) is 0 Å². The molecule has 0 fully saturated rings. The Labute approximate surface area is 199 Å². The number of carbonyl (C=O) groups is 1. The zero-order valence-corrected chi connectivity index (χ0v) is 21.0. The summed E-state index contributed by atoms with van der Waals surface area (Å²) in [7, 11) is 0. The lowest BCUT2D eigenvalue weighted by Crippen LogP contribution is -2.09.